The molecule has 0 spiro atoms. The van der Waals surface area contributed by atoms with Gasteiger partial charge in [-0.15, -0.1) is 10.2 Å². The number of anilines is 1. The molecule has 2 aliphatic carbocycles. The van der Waals surface area contributed by atoms with Crippen LogP contribution >= 0.6 is 11.3 Å². The molecule has 3 aliphatic rings. The highest BCUT2D eigenvalue weighted by molar-refractivity contribution is 7.15. The molecule has 130 valence electrons. The van der Waals surface area contributed by atoms with Crippen LogP contribution in [0.3, 0.4) is 0 Å². The van der Waals surface area contributed by atoms with Gasteiger partial charge in [-0.2, -0.15) is 0 Å². The Morgan fingerprint density at radius 1 is 1.17 bits per heavy atom. The Labute approximate surface area is 146 Å². The van der Waals surface area contributed by atoms with Crippen LogP contribution in [0, 0.1) is 11.8 Å². The molecule has 7 heteroatoms. The average molecular weight is 348 g/mol. The quantitative estimate of drug-likeness (QED) is 0.888. The van der Waals surface area contributed by atoms with E-state index in [-0.39, 0.29) is 17.7 Å². The van der Waals surface area contributed by atoms with Crippen LogP contribution < -0.4 is 5.32 Å². The van der Waals surface area contributed by atoms with E-state index in [2.05, 4.69) is 15.5 Å². The lowest BCUT2D eigenvalue weighted by Gasteiger charge is -2.18. The van der Waals surface area contributed by atoms with Gasteiger partial charge in [0.25, 0.3) is 0 Å². The second kappa shape index (κ2) is 6.78. The molecular formula is C17H24N4O2S. The fraction of sp³-hybridized carbons (Fsp3) is 0.765. The predicted octanol–water partition coefficient (Wildman–Crippen LogP) is 2.78. The summed E-state index contributed by atoms with van der Waals surface area (Å²) >= 11 is 1.50. The summed E-state index contributed by atoms with van der Waals surface area (Å²) in [5.74, 6) is 0.939. The molecule has 0 aromatic carbocycles. The van der Waals surface area contributed by atoms with Crippen LogP contribution in [-0.2, 0) is 9.59 Å². The molecule has 4 rings (SSSR count). The van der Waals surface area contributed by atoms with Gasteiger partial charge in [-0.25, -0.2) is 0 Å². The minimum Gasteiger partial charge on any atom is -0.342 e. The highest BCUT2D eigenvalue weighted by Gasteiger charge is 2.37. The van der Waals surface area contributed by atoms with Crippen LogP contribution in [0.4, 0.5) is 5.13 Å². The number of carbonyl (C=O) groups is 2. The number of nitrogens with one attached hydrogen (secondary N) is 1. The molecule has 0 radical (unpaired) electrons. The zero-order valence-electron chi connectivity index (χ0n) is 13.9. The van der Waals surface area contributed by atoms with E-state index >= 15 is 0 Å². The van der Waals surface area contributed by atoms with Crippen molar-refractivity contribution in [1.29, 1.82) is 0 Å². The number of aromatic nitrogens is 2. The number of likely N-dealkylation sites (tertiary alicyclic amines) is 1. The Morgan fingerprint density at radius 3 is 2.71 bits per heavy atom. The van der Waals surface area contributed by atoms with E-state index in [4.69, 9.17) is 0 Å². The fourth-order valence-electron chi connectivity index (χ4n) is 3.74. The number of nitrogens with zero attached hydrogens (tertiary/aromatic N) is 3. The molecule has 2 heterocycles. The lowest BCUT2D eigenvalue weighted by molar-refractivity contribution is -0.128. The van der Waals surface area contributed by atoms with Gasteiger partial charge in [0.2, 0.25) is 16.9 Å². The Balaban J connectivity index is 1.32. The fourth-order valence-corrected chi connectivity index (χ4v) is 4.66. The molecule has 1 atom stereocenters. The summed E-state index contributed by atoms with van der Waals surface area (Å²) < 4.78 is 0. The normalized spacial score (nSPS) is 25.2. The molecule has 3 fully saturated rings. The molecule has 0 bridgehead atoms. The summed E-state index contributed by atoms with van der Waals surface area (Å²) in [7, 11) is 0. The first-order chi connectivity index (χ1) is 11.7. The monoisotopic (exact) mass is 348 g/mol. The zero-order valence-corrected chi connectivity index (χ0v) is 14.7. The van der Waals surface area contributed by atoms with Gasteiger partial charge in [0.15, 0.2) is 0 Å². The van der Waals surface area contributed by atoms with Crippen molar-refractivity contribution in [2.75, 3.05) is 18.4 Å². The molecule has 1 unspecified atom stereocenters. The maximum absolute atomic E-state index is 12.4. The van der Waals surface area contributed by atoms with Crippen molar-refractivity contribution >= 4 is 28.3 Å². The summed E-state index contributed by atoms with van der Waals surface area (Å²) in [6.45, 7) is 1.38. The van der Waals surface area contributed by atoms with Crippen molar-refractivity contribution < 1.29 is 9.59 Å². The van der Waals surface area contributed by atoms with Gasteiger partial charge >= 0.3 is 0 Å². The third-order valence-corrected chi connectivity index (χ3v) is 6.39. The number of hydrogen-bond donors (Lipinski definition) is 1. The maximum atomic E-state index is 12.4. The van der Waals surface area contributed by atoms with Crippen molar-refractivity contribution in [3.63, 3.8) is 0 Å². The van der Waals surface area contributed by atoms with E-state index in [1.165, 1.54) is 56.3 Å². The summed E-state index contributed by atoms with van der Waals surface area (Å²) in [6, 6.07) is 0. The predicted molar refractivity (Wildman–Crippen MR) is 91.8 cm³/mol. The number of hydrogen-bond acceptors (Lipinski definition) is 5. The van der Waals surface area contributed by atoms with Crippen LogP contribution in [0.2, 0.25) is 0 Å². The minimum atomic E-state index is -0.252. The van der Waals surface area contributed by atoms with Gasteiger partial charge in [-0.1, -0.05) is 30.6 Å². The highest BCUT2D eigenvalue weighted by Crippen LogP contribution is 2.35. The van der Waals surface area contributed by atoms with Crippen molar-refractivity contribution in [2.24, 2.45) is 11.8 Å². The molecular weight excluding hydrogens is 324 g/mol. The lowest BCUT2D eigenvalue weighted by Crippen LogP contribution is -2.29. The van der Waals surface area contributed by atoms with Gasteiger partial charge in [0.05, 0.1) is 5.92 Å². The van der Waals surface area contributed by atoms with E-state index < -0.39 is 0 Å². The minimum absolute atomic E-state index is 0.0898. The third-order valence-electron chi connectivity index (χ3n) is 5.39. The van der Waals surface area contributed by atoms with Crippen LogP contribution in [0.15, 0.2) is 0 Å². The largest absolute Gasteiger partial charge is 0.342 e. The average Bonchev–Trinajstić information content (AvgIpc) is 3.16. The van der Waals surface area contributed by atoms with Crippen LogP contribution in [0.25, 0.3) is 0 Å². The second-order valence-corrected chi connectivity index (χ2v) is 8.42. The Hall–Kier alpha value is -1.50. The lowest BCUT2D eigenvalue weighted by atomic mass is 9.90. The Morgan fingerprint density at radius 2 is 1.96 bits per heavy atom. The summed E-state index contributed by atoms with van der Waals surface area (Å²) in [5, 5.41) is 12.9. The Bertz CT molecular complexity index is 622. The molecule has 2 saturated carbocycles. The van der Waals surface area contributed by atoms with E-state index in [0.29, 0.717) is 29.9 Å². The smallest absolute Gasteiger partial charge is 0.231 e. The summed E-state index contributed by atoms with van der Waals surface area (Å²) in [5.41, 5.74) is 0. The van der Waals surface area contributed by atoms with Gasteiger partial charge in [0.1, 0.15) is 5.01 Å². The summed E-state index contributed by atoms with van der Waals surface area (Å²) in [4.78, 5) is 26.3. The molecule has 1 N–H and O–H groups in total. The Kier molecular flexibility index (Phi) is 4.52. The number of amides is 2. The van der Waals surface area contributed by atoms with E-state index in [1.807, 2.05) is 4.90 Å². The molecule has 2 amide bonds. The van der Waals surface area contributed by atoms with Gasteiger partial charge in [-0.05, 0) is 31.6 Å². The number of carbonyl (C=O) groups excluding carboxylic acids is 2. The van der Waals surface area contributed by atoms with Crippen molar-refractivity contribution in [1.82, 2.24) is 15.1 Å². The zero-order chi connectivity index (χ0) is 16.5. The van der Waals surface area contributed by atoms with Gasteiger partial charge in [-0.3, -0.25) is 9.59 Å². The first kappa shape index (κ1) is 16.0. The molecule has 1 aromatic rings. The van der Waals surface area contributed by atoms with E-state index in [0.717, 1.165) is 11.6 Å². The molecule has 1 aromatic heterocycles. The maximum Gasteiger partial charge on any atom is 0.231 e. The number of rotatable bonds is 5. The first-order valence-electron chi connectivity index (χ1n) is 9.11. The third kappa shape index (κ3) is 3.61. The highest BCUT2D eigenvalue weighted by atomic mass is 32.1. The topological polar surface area (TPSA) is 75.2 Å². The van der Waals surface area contributed by atoms with Crippen molar-refractivity contribution in [3.05, 3.63) is 5.01 Å². The standard InChI is InChI=1S/C17H24N4O2S/c22-14-8-13(10-21(14)9-11-6-7-11)15(23)18-17-20-19-16(24-17)12-4-2-1-3-5-12/h11-13H,1-10H2,(H,18,20,23). The van der Waals surface area contributed by atoms with E-state index in [9.17, 15) is 9.59 Å². The van der Waals surface area contributed by atoms with Crippen molar-refractivity contribution in [2.45, 2.75) is 57.3 Å². The molecule has 6 nitrogen and oxygen atoms in total. The van der Waals surface area contributed by atoms with Gasteiger partial charge < -0.3 is 10.2 Å². The van der Waals surface area contributed by atoms with Crippen LogP contribution in [0.5, 0.6) is 0 Å². The van der Waals surface area contributed by atoms with E-state index in [1.54, 1.807) is 0 Å². The van der Waals surface area contributed by atoms with Crippen molar-refractivity contribution in [3.8, 4) is 0 Å². The van der Waals surface area contributed by atoms with Gasteiger partial charge in [0, 0.05) is 25.4 Å². The molecule has 1 saturated heterocycles. The van der Waals surface area contributed by atoms with Crippen LogP contribution in [0.1, 0.15) is 62.3 Å². The SMILES string of the molecule is O=C(Nc1nnc(C2CCCCC2)s1)C1CC(=O)N(CC2CC2)C1. The van der Waals surface area contributed by atoms with Crippen LogP contribution in [-0.4, -0.2) is 40.0 Å². The summed E-state index contributed by atoms with van der Waals surface area (Å²) in [6.07, 6.45) is 8.94. The first-order valence-corrected chi connectivity index (χ1v) is 9.92. The second-order valence-electron chi connectivity index (χ2n) is 7.41. The molecule has 1 aliphatic heterocycles. The molecule has 24 heavy (non-hydrogen) atoms.